The fourth-order valence-corrected chi connectivity index (χ4v) is 1.27. The van der Waals surface area contributed by atoms with Gasteiger partial charge in [-0.25, -0.2) is 0 Å². The van der Waals surface area contributed by atoms with Crippen molar-refractivity contribution in [3.8, 4) is 0 Å². The highest BCUT2D eigenvalue weighted by Gasteiger charge is 2.35. The van der Waals surface area contributed by atoms with Crippen LogP contribution in [0.4, 0.5) is 13.2 Å². The molecule has 1 rings (SSSR count). The lowest BCUT2D eigenvalue weighted by atomic mass is 10.2. The molecule has 0 bridgehead atoms. The fraction of sp³-hybridized carbons (Fsp3) is 0.182. The van der Waals surface area contributed by atoms with Crippen molar-refractivity contribution in [3.63, 3.8) is 0 Å². The molecule has 0 aliphatic carbocycles. The van der Waals surface area contributed by atoms with Crippen molar-refractivity contribution in [1.82, 2.24) is 5.32 Å². The fourth-order valence-electron chi connectivity index (χ4n) is 1.05. The van der Waals surface area contributed by atoms with Gasteiger partial charge < -0.3 is 5.32 Å². The van der Waals surface area contributed by atoms with E-state index in [0.29, 0.717) is 17.6 Å². The van der Waals surface area contributed by atoms with Gasteiger partial charge in [0, 0.05) is 23.8 Å². The van der Waals surface area contributed by atoms with Gasteiger partial charge in [-0.15, -0.1) is 0 Å². The van der Waals surface area contributed by atoms with Crippen LogP contribution in [0.2, 0.25) is 5.02 Å². The molecule has 2 nitrogen and oxygen atoms in total. The molecule has 0 fully saturated rings. The van der Waals surface area contributed by atoms with E-state index in [4.69, 9.17) is 11.6 Å². The Morgan fingerprint density at radius 3 is 2.71 bits per heavy atom. The van der Waals surface area contributed by atoms with Gasteiger partial charge in [-0.3, -0.25) is 4.79 Å². The summed E-state index contributed by atoms with van der Waals surface area (Å²) in [5.41, 5.74) is 0.807. The van der Waals surface area contributed by atoms with E-state index >= 15 is 0 Å². The third kappa shape index (κ3) is 4.91. The van der Waals surface area contributed by atoms with Crippen molar-refractivity contribution in [2.24, 2.45) is 0 Å². The molecule has 0 heterocycles. The van der Waals surface area contributed by atoms with Crippen LogP contribution in [0.15, 0.2) is 36.5 Å². The van der Waals surface area contributed by atoms with Crippen LogP contribution in [0.5, 0.6) is 0 Å². The molecule has 0 spiro atoms. The van der Waals surface area contributed by atoms with E-state index in [9.17, 15) is 18.0 Å². The highest BCUT2D eigenvalue weighted by Crippen LogP contribution is 2.16. The van der Waals surface area contributed by atoms with E-state index in [-0.39, 0.29) is 0 Å². The molecule has 0 aromatic heterocycles. The largest absolute Gasteiger partial charge is 0.454 e. The van der Waals surface area contributed by atoms with Crippen LogP contribution in [0.1, 0.15) is 5.56 Å². The number of hydrogen-bond donors (Lipinski definition) is 1. The Labute approximate surface area is 101 Å². The van der Waals surface area contributed by atoms with Crippen LogP contribution in [-0.4, -0.2) is 12.0 Å². The van der Waals surface area contributed by atoms with E-state index in [1.54, 1.807) is 24.3 Å². The van der Waals surface area contributed by atoms with Crippen molar-refractivity contribution in [2.75, 3.05) is 0 Å². The molecule has 1 N–H and O–H groups in total. The number of ketones is 1. The first kappa shape index (κ1) is 13.6. The number of alkyl halides is 3. The minimum Gasteiger partial charge on any atom is -0.387 e. The Balaban J connectivity index is 2.43. The predicted octanol–water partition coefficient (Wildman–Crippen LogP) is 3.07. The molecule has 0 atom stereocenters. The molecule has 0 amide bonds. The molecule has 92 valence electrons. The molecule has 0 radical (unpaired) electrons. The average molecular weight is 264 g/mol. The van der Waals surface area contributed by atoms with Gasteiger partial charge in [0.25, 0.3) is 5.78 Å². The van der Waals surface area contributed by atoms with Gasteiger partial charge in [0.2, 0.25) is 0 Å². The predicted molar refractivity (Wildman–Crippen MR) is 58.5 cm³/mol. The zero-order chi connectivity index (χ0) is 12.9. The van der Waals surface area contributed by atoms with Gasteiger partial charge in [0.15, 0.2) is 0 Å². The van der Waals surface area contributed by atoms with Crippen molar-refractivity contribution < 1.29 is 18.0 Å². The lowest BCUT2D eigenvalue weighted by Gasteiger charge is -2.02. The van der Waals surface area contributed by atoms with Crippen LogP contribution >= 0.6 is 11.6 Å². The standard InChI is InChI=1S/C11H9ClF3NO/c12-9-3-1-2-8(6-9)7-16-5-4-10(17)11(13,14)15/h1-6,16H,7H2. The first-order chi connectivity index (χ1) is 7.89. The van der Waals surface area contributed by atoms with E-state index < -0.39 is 12.0 Å². The normalized spacial score (nSPS) is 11.8. The molecular weight excluding hydrogens is 255 g/mol. The van der Waals surface area contributed by atoms with Gasteiger partial charge in [-0.2, -0.15) is 13.2 Å². The summed E-state index contributed by atoms with van der Waals surface area (Å²) in [6.45, 7) is 0.294. The molecule has 1 aromatic rings. The summed E-state index contributed by atoms with van der Waals surface area (Å²) in [6.07, 6.45) is -3.41. The van der Waals surface area contributed by atoms with Gasteiger partial charge in [0.05, 0.1) is 0 Å². The summed E-state index contributed by atoms with van der Waals surface area (Å²) in [4.78, 5) is 10.5. The van der Waals surface area contributed by atoms with Crippen molar-refractivity contribution in [3.05, 3.63) is 47.1 Å². The summed E-state index contributed by atoms with van der Waals surface area (Å²) in [6, 6.07) is 6.85. The summed E-state index contributed by atoms with van der Waals surface area (Å²) < 4.78 is 35.4. The number of carbonyl (C=O) groups is 1. The number of carbonyl (C=O) groups excluding carboxylic acids is 1. The number of benzene rings is 1. The SMILES string of the molecule is O=C(C=CNCc1cccc(Cl)c1)C(F)(F)F. The van der Waals surface area contributed by atoms with Crippen molar-refractivity contribution in [1.29, 1.82) is 0 Å². The Hall–Kier alpha value is -1.49. The first-order valence-corrected chi connectivity index (χ1v) is 5.03. The van der Waals surface area contributed by atoms with E-state index in [1.165, 1.54) is 0 Å². The van der Waals surface area contributed by atoms with Gasteiger partial charge in [-0.05, 0) is 17.7 Å². The molecule has 0 saturated carbocycles. The van der Waals surface area contributed by atoms with Crippen LogP contribution in [0.3, 0.4) is 0 Å². The lowest BCUT2D eigenvalue weighted by molar-refractivity contribution is -0.165. The maximum atomic E-state index is 11.8. The number of halogens is 4. The van der Waals surface area contributed by atoms with Gasteiger partial charge >= 0.3 is 6.18 Å². The van der Waals surface area contributed by atoms with Crippen molar-refractivity contribution >= 4 is 17.4 Å². The molecule has 0 aliphatic heterocycles. The summed E-state index contributed by atoms with van der Waals surface area (Å²) in [5, 5.41) is 3.11. The minimum absolute atomic E-state index is 0.294. The van der Waals surface area contributed by atoms with Crippen LogP contribution in [0.25, 0.3) is 0 Å². The zero-order valence-electron chi connectivity index (χ0n) is 8.59. The van der Waals surface area contributed by atoms with Gasteiger partial charge in [0.1, 0.15) is 0 Å². The molecule has 0 saturated heterocycles. The zero-order valence-corrected chi connectivity index (χ0v) is 9.35. The van der Waals surface area contributed by atoms with E-state index in [0.717, 1.165) is 11.8 Å². The van der Waals surface area contributed by atoms with E-state index in [1.807, 2.05) is 0 Å². The monoisotopic (exact) mass is 263 g/mol. The minimum atomic E-state index is -4.83. The summed E-state index contributed by atoms with van der Waals surface area (Å²) >= 11 is 5.72. The molecule has 17 heavy (non-hydrogen) atoms. The second-order valence-electron chi connectivity index (χ2n) is 3.21. The molecule has 6 heteroatoms. The number of nitrogens with one attached hydrogen (secondary N) is 1. The van der Waals surface area contributed by atoms with E-state index in [2.05, 4.69) is 5.32 Å². The van der Waals surface area contributed by atoms with Crippen LogP contribution < -0.4 is 5.32 Å². The number of hydrogen-bond acceptors (Lipinski definition) is 2. The second-order valence-corrected chi connectivity index (χ2v) is 3.64. The number of allylic oxidation sites excluding steroid dienone is 1. The topological polar surface area (TPSA) is 29.1 Å². The van der Waals surface area contributed by atoms with Gasteiger partial charge in [-0.1, -0.05) is 23.7 Å². The Morgan fingerprint density at radius 1 is 1.41 bits per heavy atom. The third-order valence-corrected chi connectivity index (χ3v) is 2.06. The Bertz CT molecular complexity index is 429. The maximum Gasteiger partial charge on any atom is 0.454 e. The quantitative estimate of drug-likeness (QED) is 0.846. The molecule has 1 aromatic carbocycles. The smallest absolute Gasteiger partial charge is 0.387 e. The summed E-state index contributed by atoms with van der Waals surface area (Å²) in [7, 11) is 0. The van der Waals surface area contributed by atoms with Crippen LogP contribution in [0, 0.1) is 0 Å². The lowest BCUT2D eigenvalue weighted by Crippen LogP contribution is -2.20. The highest BCUT2D eigenvalue weighted by molar-refractivity contribution is 6.30. The molecular formula is C11H9ClF3NO. The third-order valence-electron chi connectivity index (χ3n) is 1.83. The second kappa shape index (κ2) is 5.72. The number of rotatable bonds is 4. The van der Waals surface area contributed by atoms with Crippen LogP contribution in [-0.2, 0) is 11.3 Å². The average Bonchev–Trinajstić information content (AvgIpc) is 2.23. The first-order valence-electron chi connectivity index (χ1n) is 4.65. The Morgan fingerprint density at radius 2 is 2.12 bits per heavy atom. The van der Waals surface area contributed by atoms with Crippen molar-refractivity contribution in [2.45, 2.75) is 12.7 Å². The molecule has 0 unspecified atom stereocenters. The highest BCUT2D eigenvalue weighted by atomic mass is 35.5. The summed E-state index contributed by atoms with van der Waals surface area (Å²) in [5.74, 6) is -1.89. The maximum absolute atomic E-state index is 11.8. The Kier molecular flexibility index (Phi) is 4.57. The molecule has 0 aliphatic rings.